The van der Waals surface area contributed by atoms with Crippen molar-refractivity contribution in [1.82, 2.24) is 0 Å². The lowest BCUT2D eigenvalue weighted by atomic mass is 10.00. The highest BCUT2D eigenvalue weighted by atomic mass is 32.2. The van der Waals surface area contributed by atoms with Gasteiger partial charge in [-0.3, -0.25) is 14.1 Å². The zero-order valence-electron chi connectivity index (χ0n) is 33.8. The van der Waals surface area contributed by atoms with Crippen molar-refractivity contribution in [1.29, 1.82) is 0 Å². The molecule has 1 aliphatic heterocycles. The summed E-state index contributed by atoms with van der Waals surface area (Å²) in [7, 11) is -4.59. The average Bonchev–Trinajstić information content (AvgIpc) is 3.13. The van der Waals surface area contributed by atoms with Gasteiger partial charge in [-0.15, -0.1) is 0 Å². The lowest BCUT2D eigenvalue weighted by Crippen LogP contribution is -2.60. The van der Waals surface area contributed by atoms with Crippen molar-refractivity contribution in [2.45, 2.75) is 230 Å². The molecule has 0 aromatic carbocycles. The third kappa shape index (κ3) is 27.3. The monoisotopic (exact) mass is 795 g/mol. The Balaban J connectivity index is 2.34. The van der Waals surface area contributed by atoms with Gasteiger partial charge in [0, 0.05) is 12.8 Å². The third-order valence-corrected chi connectivity index (χ3v) is 10.9. The molecule has 0 saturated carbocycles. The number of carbonyl (C=O) groups excluding carboxylic acids is 2. The van der Waals surface area contributed by atoms with Crippen LogP contribution in [-0.4, -0.2) is 96.0 Å². The Morgan fingerprint density at radius 2 is 0.944 bits per heavy atom. The van der Waals surface area contributed by atoms with Crippen LogP contribution in [0.5, 0.6) is 0 Å². The summed E-state index contributed by atoms with van der Waals surface area (Å²) >= 11 is 0. The fourth-order valence-corrected chi connectivity index (χ4v) is 7.49. The molecule has 1 heterocycles. The number of unbranched alkanes of at least 4 members (excludes halogenated alkanes) is 24. The van der Waals surface area contributed by atoms with Gasteiger partial charge in [0.25, 0.3) is 10.1 Å². The van der Waals surface area contributed by atoms with Crippen LogP contribution in [0, 0.1) is 0 Å². The lowest BCUT2D eigenvalue weighted by molar-refractivity contribution is -0.297. The van der Waals surface area contributed by atoms with E-state index in [0.717, 1.165) is 51.4 Å². The molecule has 0 bridgehead atoms. The van der Waals surface area contributed by atoms with Gasteiger partial charge >= 0.3 is 11.9 Å². The standard InChI is InChI=1S/C41H78O12S/c1-3-5-7-9-11-12-13-14-15-16-17-18-19-20-21-22-24-25-27-29-36(42)50-31-34(52-37(43)30-28-26-23-10-8-6-4-2)32-51-41-40(46)39(45)38(44)35(53-41)33-54(47,48)49/h34-35,38-41,44-46H,3-33H2,1-2H3,(H,47,48,49)/t34-,35+,38+,39?,40?,41-/m1/s1. The quantitative estimate of drug-likeness (QED) is 0.0272. The minimum atomic E-state index is -4.59. The molecule has 4 N–H and O–H groups in total. The molecule has 54 heavy (non-hydrogen) atoms. The van der Waals surface area contributed by atoms with Gasteiger partial charge in [-0.2, -0.15) is 8.42 Å². The SMILES string of the molecule is CCCCCCCCCCCCCCCCCCCCCC(=O)OC[C@H](CO[C@@H]1O[C@@H](CS(=O)(=O)O)[C@H](O)C(O)C1O)OC(=O)CCCCCCCCC. The number of esters is 2. The van der Waals surface area contributed by atoms with E-state index in [9.17, 15) is 37.9 Å². The van der Waals surface area contributed by atoms with E-state index in [4.69, 9.17) is 18.9 Å². The fourth-order valence-electron chi connectivity index (χ4n) is 6.79. The van der Waals surface area contributed by atoms with Crippen LogP contribution in [0.25, 0.3) is 0 Å². The molecule has 0 aromatic rings. The van der Waals surface area contributed by atoms with Gasteiger partial charge in [-0.1, -0.05) is 168 Å². The van der Waals surface area contributed by atoms with E-state index in [1.807, 2.05) is 0 Å². The number of carbonyl (C=O) groups is 2. The molecule has 1 rings (SSSR count). The van der Waals surface area contributed by atoms with Crippen LogP contribution in [0.3, 0.4) is 0 Å². The fraction of sp³-hybridized carbons (Fsp3) is 0.951. The summed E-state index contributed by atoms with van der Waals surface area (Å²) in [4.78, 5) is 25.2. The van der Waals surface area contributed by atoms with Gasteiger partial charge in [0.15, 0.2) is 12.4 Å². The molecule has 1 aliphatic rings. The van der Waals surface area contributed by atoms with Crippen molar-refractivity contribution >= 4 is 22.1 Å². The molecule has 13 heteroatoms. The van der Waals surface area contributed by atoms with Crippen LogP contribution in [0.1, 0.15) is 194 Å². The van der Waals surface area contributed by atoms with Gasteiger partial charge in [0.1, 0.15) is 36.8 Å². The second-order valence-electron chi connectivity index (χ2n) is 15.4. The predicted octanol–water partition coefficient (Wildman–Crippen LogP) is 8.12. The van der Waals surface area contributed by atoms with Crippen molar-refractivity contribution < 1.29 is 56.8 Å². The number of aliphatic hydroxyl groups excluding tert-OH is 3. The summed E-state index contributed by atoms with van der Waals surface area (Å²) in [5.41, 5.74) is 0. The van der Waals surface area contributed by atoms with Gasteiger partial charge in [0.2, 0.25) is 0 Å². The topological polar surface area (TPSA) is 186 Å². The summed E-state index contributed by atoms with van der Waals surface area (Å²) in [6, 6.07) is 0. The van der Waals surface area contributed by atoms with Crippen LogP contribution < -0.4 is 0 Å². The minimum Gasteiger partial charge on any atom is -0.462 e. The van der Waals surface area contributed by atoms with Crippen LogP contribution >= 0.6 is 0 Å². The normalized spacial score (nSPS) is 20.9. The Bertz CT molecular complexity index is 1030. The van der Waals surface area contributed by atoms with Gasteiger partial charge in [-0.25, -0.2) is 0 Å². The molecular formula is C41H78O12S. The number of hydrogen-bond acceptors (Lipinski definition) is 11. The van der Waals surface area contributed by atoms with Gasteiger partial charge < -0.3 is 34.3 Å². The highest BCUT2D eigenvalue weighted by Crippen LogP contribution is 2.24. The zero-order chi connectivity index (χ0) is 39.9. The molecule has 2 unspecified atom stereocenters. The highest BCUT2D eigenvalue weighted by molar-refractivity contribution is 7.85. The summed E-state index contributed by atoms with van der Waals surface area (Å²) in [5, 5.41) is 30.7. The summed E-state index contributed by atoms with van der Waals surface area (Å²) in [6.45, 7) is 3.71. The maximum Gasteiger partial charge on any atom is 0.306 e. The van der Waals surface area contributed by atoms with E-state index in [2.05, 4.69) is 13.8 Å². The van der Waals surface area contributed by atoms with E-state index >= 15 is 0 Å². The van der Waals surface area contributed by atoms with E-state index in [1.165, 1.54) is 103 Å². The highest BCUT2D eigenvalue weighted by Gasteiger charge is 2.46. The number of hydrogen-bond donors (Lipinski definition) is 4. The maximum atomic E-state index is 12.6. The second kappa shape index (κ2) is 32.7. The Labute approximate surface area is 327 Å². The van der Waals surface area contributed by atoms with Gasteiger partial charge in [0.05, 0.1) is 6.61 Å². The van der Waals surface area contributed by atoms with E-state index in [-0.39, 0.29) is 19.4 Å². The Morgan fingerprint density at radius 1 is 0.556 bits per heavy atom. The lowest BCUT2D eigenvalue weighted by Gasteiger charge is -2.40. The molecule has 320 valence electrons. The van der Waals surface area contributed by atoms with Crippen molar-refractivity contribution in [2.24, 2.45) is 0 Å². The number of ether oxygens (including phenoxy) is 4. The van der Waals surface area contributed by atoms with Gasteiger partial charge in [-0.05, 0) is 12.8 Å². The smallest absolute Gasteiger partial charge is 0.306 e. The van der Waals surface area contributed by atoms with Crippen LogP contribution in [0.2, 0.25) is 0 Å². The van der Waals surface area contributed by atoms with Crippen LogP contribution in [0.15, 0.2) is 0 Å². The Morgan fingerprint density at radius 3 is 1.35 bits per heavy atom. The maximum absolute atomic E-state index is 12.6. The second-order valence-corrected chi connectivity index (χ2v) is 16.9. The van der Waals surface area contributed by atoms with Crippen molar-refractivity contribution in [3.05, 3.63) is 0 Å². The molecule has 0 amide bonds. The Hall–Kier alpha value is -1.35. The molecule has 0 radical (unpaired) electrons. The van der Waals surface area contributed by atoms with Crippen molar-refractivity contribution in [3.8, 4) is 0 Å². The molecule has 0 aromatic heterocycles. The molecule has 1 fully saturated rings. The summed E-state index contributed by atoms with van der Waals surface area (Å²) in [6.07, 6.45) is 21.9. The van der Waals surface area contributed by atoms with Crippen molar-refractivity contribution in [2.75, 3.05) is 19.0 Å². The number of rotatable bonds is 36. The Kier molecular flexibility index (Phi) is 30.7. The first kappa shape index (κ1) is 50.7. The average molecular weight is 795 g/mol. The van der Waals surface area contributed by atoms with Crippen LogP contribution in [-0.2, 0) is 38.7 Å². The first-order valence-electron chi connectivity index (χ1n) is 21.6. The third-order valence-electron chi connectivity index (χ3n) is 10.2. The molecule has 6 atom stereocenters. The molecule has 0 spiro atoms. The summed E-state index contributed by atoms with van der Waals surface area (Å²) < 4.78 is 53.8. The molecule has 1 saturated heterocycles. The van der Waals surface area contributed by atoms with Crippen LogP contribution in [0.4, 0.5) is 0 Å². The summed E-state index contributed by atoms with van der Waals surface area (Å²) in [5.74, 6) is -1.97. The number of aliphatic hydroxyl groups is 3. The van der Waals surface area contributed by atoms with E-state index < -0.39 is 71.2 Å². The molecule has 0 aliphatic carbocycles. The zero-order valence-corrected chi connectivity index (χ0v) is 34.7. The largest absolute Gasteiger partial charge is 0.462 e. The first-order valence-corrected chi connectivity index (χ1v) is 23.2. The first-order chi connectivity index (χ1) is 26.0. The minimum absolute atomic E-state index is 0.168. The predicted molar refractivity (Wildman–Crippen MR) is 211 cm³/mol. The molecular weight excluding hydrogens is 717 g/mol. The van der Waals surface area contributed by atoms with E-state index in [0.29, 0.717) is 12.8 Å². The van der Waals surface area contributed by atoms with Crippen molar-refractivity contribution in [3.63, 3.8) is 0 Å². The molecule has 12 nitrogen and oxygen atoms in total. The van der Waals surface area contributed by atoms with E-state index in [1.54, 1.807) is 0 Å².